The molecule has 2 unspecified atom stereocenters. The molecule has 6 heteroatoms. The predicted molar refractivity (Wildman–Crippen MR) is 67.4 cm³/mol. The topological polar surface area (TPSA) is 83.6 Å². The highest BCUT2D eigenvalue weighted by Crippen LogP contribution is 2.31. The molecule has 19 heavy (non-hydrogen) atoms. The third kappa shape index (κ3) is 2.38. The Labute approximate surface area is 109 Å². The number of halogens is 1. The van der Waals surface area contributed by atoms with Gasteiger partial charge >= 0.3 is 5.97 Å². The van der Waals surface area contributed by atoms with Crippen molar-refractivity contribution in [3.8, 4) is 0 Å². The molecule has 102 valence electrons. The number of primary amides is 1. The number of hydrogen-bond donors (Lipinski definition) is 2. The molecule has 0 saturated carbocycles. The van der Waals surface area contributed by atoms with E-state index in [1.807, 2.05) is 6.92 Å². The van der Waals surface area contributed by atoms with E-state index in [0.717, 1.165) is 6.07 Å². The zero-order valence-corrected chi connectivity index (χ0v) is 10.5. The third-order valence-electron chi connectivity index (χ3n) is 3.51. The number of carboxylic acid groups (broad SMARTS) is 1. The number of anilines is 1. The summed E-state index contributed by atoms with van der Waals surface area (Å²) in [6.07, 6.45) is 0. The molecule has 0 radical (unpaired) electrons. The summed E-state index contributed by atoms with van der Waals surface area (Å²) in [6, 6.07) is 4.23. The van der Waals surface area contributed by atoms with Gasteiger partial charge in [-0.25, -0.2) is 4.39 Å². The van der Waals surface area contributed by atoms with Gasteiger partial charge in [-0.05, 0) is 18.1 Å². The average molecular weight is 266 g/mol. The summed E-state index contributed by atoms with van der Waals surface area (Å²) in [7, 11) is 0. The number of benzene rings is 1. The van der Waals surface area contributed by atoms with E-state index in [-0.39, 0.29) is 18.0 Å². The largest absolute Gasteiger partial charge is 0.481 e. The Kier molecular flexibility index (Phi) is 3.42. The van der Waals surface area contributed by atoms with Crippen molar-refractivity contribution in [2.45, 2.75) is 6.92 Å². The van der Waals surface area contributed by atoms with Crippen LogP contribution in [0.5, 0.6) is 0 Å². The zero-order chi connectivity index (χ0) is 14.2. The number of nitrogens with two attached hydrogens (primary N) is 1. The normalized spacial score (nSPS) is 22.5. The monoisotopic (exact) mass is 266 g/mol. The Morgan fingerprint density at radius 1 is 1.42 bits per heavy atom. The minimum Gasteiger partial charge on any atom is -0.481 e. The van der Waals surface area contributed by atoms with Gasteiger partial charge in [-0.15, -0.1) is 0 Å². The number of carbonyl (C=O) groups excluding carboxylic acids is 1. The van der Waals surface area contributed by atoms with Crippen molar-refractivity contribution in [2.24, 2.45) is 17.6 Å². The van der Waals surface area contributed by atoms with Crippen LogP contribution in [0.15, 0.2) is 18.2 Å². The molecule has 1 fully saturated rings. The van der Waals surface area contributed by atoms with Gasteiger partial charge in [0.05, 0.1) is 17.2 Å². The first-order valence-electron chi connectivity index (χ1n) is 5.98. The van der Waals surface area contributed by atoms with Gasteiger partial charge in [0.2, 0.25) is 0 Å². The van der Waals surface area contributed by atoms with Gasteiger partial charge in [-0.2, -0.15) is 0 Å². The van der Waals surface area contributed by atoms with Crippen LogP contribution in [0.4, 0.5) is 10.1 Å². The highest BCUT2D eigenvalue weighted by atomic mass is 19.1. The Hall–Kier alpha value is -2.11. The summed E-state index contributed by atoms with van der Waals surface area (Å²) in [5, 5.41) is 9.09. The summed E-state index contributed by atoms with van der Waals surface area (Å²) in [6.45, 7) is 2.53. The van der Waals surface area contributed by atoms with Crippen LogP contribution in [-0.4, -0.2) is 30.1 Å². The molecule has 1 saturated heterocycles. The van der Waals surface area contributed by atoms with E-state index in [1.165, 1.54) is 6.07 Å². The number of rotatable bonds is 3. The molecule has 3 N–H and O–H groups in total. The van der Waals surface area contributed by atoms with E-state index in [4.69, 9.17) is 10.8 Å². The summed E-state index contributed by atoms with van der Waals surface area (Å²) in [5.41, 5.74) is 5.37. The molecule has 2 rings (SSSR count). The van der Waals surface area contributed by atoms with Crippen LogP contribution in [-0.2, 0) is 4.79 Å². The quantitative estimate of drug-likeness (QED) is 0.857. The fourth-order valence-electron chi connectivity index (χ4n) is 2.51. The molecule has 5 nitrogen and oxygen atoms in total. The van der Waals surface area contributed by atoms with Crippen LogP contribution in [0, 0.1) is 17.7 Å². The molecule has 1 aliphatic rings. The summed E-state index contributed by atoms with van der Waals surface area (Å²) in [4.78, 5) is 24.1. The molecule has 0 spiro atoms. The van der Waals surface area contributed by atoms with E-state index >= 15 is 0 Å². The van der Waals surface area contributed by atoms with Crippen LogP contribution in [0.3, 0.4) is 0 Å². The molecule has 1 amide bonds. The first-order chi connectivity index (χ1) is 8.91. The molecule has 0 aliphatic carbocycles. The maximum atomic E-state index is 13.7. The maximum Gasteiger partial charge on any atom is 0.308 e. The predicted octanol–water partition coefficient (Wildman–Crippen LogP) is 1.08. The number of carbonyl (C=O) groups is 2. The molecule has 2 atom stereocenters. The highest BCUT2D eigenvalue weighted by molar-refractivity contribution is 5.99. The van der Waals surface area contributed by atoms with E-state index in [0.29, 0.717) is 12.2 Å². The SMILES string of the molecule is CC1CN(c2cccc(F)c2C(N)=O)CC1C(=O)O. The van der Waals surface area contributed by atoms with E-state index < -0.39 is 23.6 Å². The van der Waals surface area contributed by atoms with Crippen molar-refractivity contribution >= 4 is 17.6 Å². The van der Waals surface area contributed by atoms with Crippen molar-refractivity contribution in [3.63, 3.8) is 0 Å². The molecule has 0 aromatic heterocycles. The smallest absolute Gasteiger partial charge is 0.308 e. The lowest BCUT2D eigenvalue weighted by atomic mass is 9.99. The first kappa shape index (κ1) is 13.3. The van der Waals surface area contributed by atoms with Gasteiger partial charge in [0.15, 0.2) is 0 Å². The molecule has 1 aliphatic heterocycles. The number of amides is 1. The molecule has 1 heterocycles. The van der Waals surface area contributed by atoms with Crippen molar-refractivity contribution in [3.05, 3.63) is 29.6 Å². The van der Waals surface area contributed by atoms with E-state index in [1.54, 1.807) is 11.0 Å². The van der Waals surface area contributed by atoms with Crippen molar-refractivity contribution in [1.29, 1.82) is 0 Å². The van der Waals surface area contributed by atoms with Gasteiger partial charge in [0.1, 0.15) is 5.82 Å². The van der Waals surface area contributed by atoms with Crippen LogP contribution < -0.4 is 10.6 Å². The Balaban J connectivity index is 2.37. The van der Waals surface area contributed by atoms with Crippen LogP contribution in [0.25, 0.3) is 0 Å². The number of hydrogen-bond acceptors (Lipinski definition) is 3. The van der Waals surface area contributed by atoms with Crippen LogP contribution in [0.1, 0.15) is 17.3 Å². The fourth-order valence-corrected chi connectivity index (χ4v) is 2.51. The molecule has 1 aromatic carbocycles. The summed E-state index contributed by atoms with van der Waals surface area (Å²) < 4.78 is 13.7. The third-order valence-corrected chi connectivity index (χ3v) is 3.51. The maximum absolute atomic E-state index is 13.7. The van der Waals surface area contributed by atoms with Crippen LogP contribution in [0.2, 0.25) is 0 Å². The first-order valence-corrected chi connectivity index (χ1v) is 5.98. The van der Waals surface area contributed by atoms with Crippen LogP contribution >= 0.6 is 0 Å². The van der Waals surface area contributed by atoms with Crippen molar-refractivity contribution < 1.29 is 19.1 Å². The number of nitrogens with zero attached hydrogens (tertiary/aromatic N) is 1. The Morgan fingerprint density at radius 2 is 2.11 bits per heavy atom. The summed E-state index contributed by atoms with van der Waals surface area (Å²) >= 11 is 0. The van der Waals surface area contributed by atoms with Gasteiger partial charge < -0.3 is 15.7 Å². The molecule has 1 aromatic rings. The second kappa shape index (κ2) is 4.87. The average Bonchev–Trinajstić information content (AvgIpc) is 2.70. The Bertz CT molecular complexity index is 533. The molecular formula is C13H15FN2O3. The fraction of sp³-hybridized carbons (Fsp3) is 0.385. The van der Waals surface area contributed by atoms with Gasteiger partial charge in [0, 0.05) is 13.1 Å². The van der Waals surface area contributed by atoms with Gasteiger partial charge in [-0.3, -0.25) is 9.59 Å². The van der Waals surface area contributed by atoms with Crippen molar-refractivity contribution in [1.82, 2.24) is 0 Å². The Morgan fingerprint density at radius 3 is 2.63 bits per heavy atom. The van der Waals surface area contributed by atoms with Crippen molar-refractivity contribution in [2.75, 3.05) is 18.0 Å². The lowest BCUT2D eigenvalue weighted by Gasteiger charge is -2.21. The number of aliphatic carboxylic acids is 1. The van der Waals surface area contributed by atoms with Gasteiger partial charge in [0.25, 0.3) is 5.91 Å². The van der Waals surface area contributed by atoms with Gasteiger partial charge in [-0.1, -0.05) is 13.0 Å². The highest BCUT2D eigenvalue weighted by Gasteiger charge is 2.36. The molecule has 0 bridgehead atoms. The standard InChI is InChI=1S/C13H15FN2O3/c1-7-5-16(6-8(7)13(18)19)10-4-2-3-9(14)11(10)12(15)17/h2-4,7-8H,5-6H2,1H3,(H2,15,17)(H,18,19). The summed E-state index contributed by atoms with van der Waals surface area (Å²) in [5.74, 6) is -3.01. The lowest BCUT2D eigenvalue weighted by Crippen LogP contribution is -2.26. The second-order valence-corrected chi connectivity index (χ2v) is 4.83. The molecular weight excluding hydrogens is 251 g/mol. The number of carboxylic acids is 1. The second-order valence-electron chi connectivity index (χ2n) is 4.83. The lowest BCUT2D eigenvalue weighted by molar-refractivity contribution is -0.142. The van der Waals surface area contributed by atoms with E-state index in [2.05, 4.69) is 0 Å². The minimum atomic E-state index is -0.882. The zero-order valence-electron chi connectivity index (χ0n) is 10.5. The van der Waals surface area contributed by atoms with E-state index in [9.17, 15) is 14.0 Å². The minimum absolute atomic E-state index is 0.0681.